The third-order valence-electron chi connectivity index (χ3n) is 2.97. The smallest absolute Gasteiger partial charge is 0.350 e. The molecule has 2 aromatic rings. The second-order valence-corrected chi connectivity index (χ2v) is 4.42. The summed E-state index contributed by atoms with van der Waals surface area (Å²) >= 11 is 0. The molecule has 0 aliphatic rings. The molecular weight excluding hydrogens is 271 g/mol. The van der Waals surface area contributed by atoms with Gasteiger partial charge in [0.15, 0.2) is 0 Å². The molecule has 0 aromatic carbocycles. The number of halogens is 3. The molecule has 8 heteroatoms. The van der Waals surface area contributed by atoms with Crippen molar-refractivity contribution in [2.75, 3.05) is 5.32 Å². The maximum Gasteiger partial charge on any atom is 0.433 e. The lowest BCUT2D eigenvalue weighted by atomic mass is 10.2. The molecule has 0 radical (unpaired) electrons. The van der Waals surface area contributed by atoms with Gasteiger partial charge in [0.2, 0.25) is 5.95 Å². The van der Waals surface area contributed by atoms with Crippen LogP contribution in [0, 0.1) is 0 Å². The number of alkyl halides is 3. The Hall–Kier alpha value is -2.12. The van der Waals surface area contributed by atoms with Gasteiger partial charge in [-0.1, -0.05) is 0 Å². The van der Waals surface area contributed by atoms with Gasteiger partial charge in [-0.3, -0.25) is 4.68 Å². The molecule has 5 nitrogen and oxygen atoms in total. The maximum absolute atomic E-state index is 12.6. The van der Waals surface area contributed by atoms with Crippen LogP contribution in [0.15, 0.2) is 30.7 Å². The monoisotopic (exact) mass is 285 g/mol. The van der Waals surface area contributed by atoms with Crippen LogP contribution in [0.5, 0.6) is 0 Å². The molecule has 0 saturated carbocycles. The van der Waals surface area contributed by atoms with Gasteiger partial charge in [0.05, 0.1) is 6.04 Å². The lowest BCUT2D eigenvalue weighted by Crippen LogP contribution is -2.28. The molecule has 0 unspecified atom stereocenters. The van der Waals surface area contributed by atoms with E-state index in [0.29, 0.717) is 0 Å². The van der Waals surface area contributed by atoms with Crippen LogP contribution in [-0.4, -0.2) is 25.8 Å². The average molecular weight is 285 g/mol. The van der Waals surface area contributed by atoms with Crippen molar-refractivity contribution in [1.29, 1.82) is 0 Å². The van der Waals surface area contributed by atoms with Crippen LogP contribution in [0.3, 0.4) is 0 Å². The summed E-state index contributed by atoms with van der Waals surface area (Å²) in [5.41, 5.74) is -0.964. The van der Waals surface area contributed by atoms with Crippen molar-refractivity contribution < 1.29 is 13.2 Å². The molecule has 0 bridgehead atoms. The van der Waals surface area contributed by atoms with E-state index in [9.17, 15) is 13.2 Å². The third-order valence-corrected chi connectivity index (χ3v) is 2.97. The predicted molar refractivity (Wildman–Crippen MR) is 67.1 cm³/mol. The zero-order valence-electron chi connectivity index (χ0n) is 11.0. The van der Waals surface area contributed by atoms with E-state index < -0.39 is 11.9 Å². The minimum atomic E-state index is -4.48. The Morgan fingerprint density at radius 1 is 1.25 bits per heavy atom. The highest BCUT2D eigenvalue weighted by Gasteiger charge is 2.33. The molecule has 108 valence electrons. The Labute approximate surface area is 113 Å². The summed E-state index contributed by atoms with van der Waals surface area (Å²) in [6, 6.07) is 2.39. The lowest BCUT2D eigenvalue weighted by Gasteiger charge is -2.21. The van der Waals surface area contributed by atoms with Crippen molar-refractivity contribution in [3.05, 3.63) is 36.4 Å². The van der Waals surface area contributed by atoms with E-state index in [2.05, 4.69) is 20.4 Å². The summed E-state index contributed by atoms with van der Waals surface area (Å²) in [5, 5.41) is 6.95. The third kappa shape index (κ3) is 3.25. The van der Waals surface area contributed by atoms with E-state index >= 15 is 0 Å². The van der Waals surface area contributed by atoms with Gasteiger partial charge in [-0.15, -0.1) is 0 Å². The highest BCUT2D eigenvalue weighted by Crippen LogP contribution is 2.27. The largest absolute Gasteiger partial charge is 0.433 e. The second kappa shape index (κ2) is 5.48. The molecule has 0 spiro atoms. The first-order valence-electron chi connectivity index (χ1n) is 6.04. The van der Waals surface area contributed by atoms with Crippen LogP contribution in [0.4, 0.5) is 19.1 Å². The zero-order chi connectivity index (χ0) is 14.8. The number of aromatic nitrogens is 4. The first-order chi connectivity index (χ1) is 9.38. The molecule has 0 aliphatic carbocycles. The van der Waals surface area contributed by atoms with Crippen LogP contribution < -0.4 is 5.32 Å². The molecule has 2 aromatic heterocycles. The summed E-state index contributed by atoms with van der Waals surface area (Å²) in [7, 11) is 0. The minimum Gasteiger partial charge on any atom is -0.350 e. The van der Waals surface area contributed by atoms with Gasteiger partial charge in [0.1, 0.15) is 5.69 Å². The average Bonchev–Trinajstić information content (AvgIpc) is 2.91. The molecule has 20 heavy (non-hydrogen) atoms. The van der Waals surface area contributed by atoms with Crippen LogP contribution in [0.1, 0.15) is 25.6 Å². The zero-order valence-corrected chi connectivity index (χ0v) is 11.0. The fourth-order valence-electron chi connectivity index (χ4n) is 1.66. The van der Waals surface area contributed by atoms with E-state index in [4.69, 9.17) is 0 Å². The Morgan fingerprint density at radius 3 is 2.60 bits per heavy atom. The number of nitrogens with zero attached hydrogens (tertiary/aromatic N) is 4. The number of nitrogens with one attached hydrogen (secondary N) is 1. The number of anilines is 1. The number of rotatable bonds is 4. The Bertz CT molecular complexity index is 552. The normalized spacial score (nSPS) is 14.8. The lowest BCUT2D eigenvalue weighted by molar-refractivity contribution is -0.141. The topological polar surface area (TPSA) is 55.6 Å². The minimum absolute atomic E-state index is 0.0497. The highest BCUT2D eigenvalue weighted by molar-refractivity contribution is 5.27. The van der Waals surface area contributed by atoms with Gasteiger partial charge in [-0.25, -0.2) is 9.97 Å². The van der Waals surface area contributed by atoms with Gasteiger partial charge >= 0.3 is 6.18 Å². The molecule has 0 fully saturated rings. The summed E-state index contributed by atoms with van der Waals surface area (Å²) < 4.78 is 39.4. The Kier molecular flexibility index (Phi) is 3.91. The van der Waals surface area contributed by atoms with Gasteiger partial charge in [-0.2, -0.15) is 18.3 Å². The van der Waals surface area contributed by atoms with Gasteiger partial charge < -0.3 is 5.32 Å². The van der Waals surface area contributed by atoms with E-state index in [1.54, 1.807) is 23.1 Å². The molecule has 0 aliphatic heterocycles. The number of hydrogen-bond acceptors (Lipinski definition) is 4. The maximum atomic E-state index is 12.6. The number of hydrogen-bond donors (Lipinski definition) is 1. The van der Waals surface area contributed by atoms with Crippen molar-refractivity contribution in [3.63, 3.8) is 0 Å². The van der Waals surface area contributed by atoms with Crippen molar-refractivity contribution in [2.24, 2.45) is 0 Å². The molecule has 2 atom stereocenters. The fourth-order valence-corrected chi connectivity index (χ4v) is 1.66. The first kappa shape index (κ1) is 14.3. The molecule has 0 amide bonds. The van der Waals surface area contributed by atoms with Crippen molar-refractivity contribution in [3.8, 4) is 0 Å². The SMILES string of the molecule is C[C@H](Nc1nccc(C(F)(F)F)n1)[C@H](C)n1cccn1. The first-order valence-corrected chi connectivity index (χ1v) is 6.04. The fraction of sp³-hybridized carbons (Fsp3) is 0.417. The van der Waals surface area contributed by atoms with Crippen molar-refractivity contribution >= 4 is 5.95 Å². The summed E-state index contributed by atoms with van der Waals surface area (Å²) in [4.78, 5) is 7.28. The quantitative estimate of drug-likeness (QED) is 0.938. The van der Waals surface area contributed by atoms with Crippen LogP contribution >= 0.6 is 0 Å². The van der Waals surface area contributed by atoms with Gasteiger partial charge in [0.25, 0.3) is 0 Å². The molecule has 0 saturated heterocycles. The van der Waals surface area contributed by atoms with E-state index in [1.165, 1.54) is 0 Å². The molecular formula is C12H14F3N5. The Balaban J connectivity index is 2.10. The van der Waals surface area contributed by atoms with E-state index in [1.807, 2.05) is 13.8 Å². The molecule has 2 heterocycles. The van der Waals surface area contributed by atoms with Crippen LogP contribution in [0.2, 0.25) is 0 Å². The highest BCUT2D eigenvalue weighted by atomic mass is 19.4. The second-order valence-electron chi connectivity index (χ2n) is 4.42. The summed E-state index contributed by atoms with van der Waals surface area (Å²) in [6.07, 6.45) is 0.0412. The van der Waals surface area contributed by atoms with E-state index in [-0.39, 0.29) is 18.0 Å². The standard InChI is InChI=1S/C12H14F3N5/c1-8(9(2)20-7-3-5-17-20)18-11-16-6-4-10(19-11)12(13,14)15/h3-9H,1-2H3,(H,16,18,19)/t8-,9-/m0/s1. The van der Waals surface area contributed by atoms with E-state index in [0.717, 1.165) is 12.3 Å². The van der Waals surface area contributed by atoms with Crippen LogP contribution in [-0.2, 0) is 6.18 Å². The predicted octanol–water partition coefficient (Wildman–Crippen LogP) is 2.75. The van der Waals surface area contributed by atoms with Crippen LogP contribution in [0.25, 0.3) is 0 Å². The van der Waals surface area contributed by atoms with Gasteiger partial charge in [-0.05, 0) is 26.0 Å². The van der Waals surface area contributed by atoms with Crippen molar-refractivity contribution in [1.82, 2.24) is 19.7 Å². The Morgan fingerprint density at radius 2 is 2.00 bits per heavy atom. The molecule has 2 rings (SSSR count). The summed E-state index contributed by atoms with van der Waals surface area (Å²) in [6.45, 7) is 3.73. The summed E-state index contributed by atoms with van der Waals surface area (Å²) in [5.74, 6) is -0.0497. The van der Waals surface area contributed by atoms with Crippen molar-refractivity contribution in [2.45, 2.75) is 32.1 Å². The van der Waals surface area contributed by atoms with Gasteiger partial charge in [0, 0.05) is 24.6 Å². The molecule has 1 N–H and O–H groups in total.